The molecule has 370 valence electrons. The highest BCUT2D eigenvalue weighted by molar-refractivity contribution is 6.39. The number of cyclic esters (lactones) is 1. The fourth-order valence-corrected chi connectivity index (χ4v) is 10.7. The number of piperidine rings is 1. The lowest BCUT2D eigenvalue weighted by molar-refractivity contribution is -0.302. The number of hydrogen-bond donors (Lipinski definition) is 2. The molecule has 1 aliphatic carbocycles. The summed E-state index contributed by atoms with van der Waals surface area (Å²) < 4.78 is 42.1. The molecule has 0 spiro atoms. The number of hydrogen-bond acceptors (Lipinski definition) is 13. The van der Waals surface area contributed by atoms with Gasteiger partial charge < -0.3 is 48.3 Å². The maximum atomic E-state index is 14.5. The molecule has 14 unspecified atom stereocenters. The van der Waals surface area contributed by atoms with Gasteiger partial charge in [-0.05, 0) is 125 Å². The average Bonchev–Trinajstić information content (AvgIpc) is 3.32. The van der Waals surface area contributed by atoms with Gasteiger partial charge in [0.15, 0.2) is 0 Å². The van der Waals surface area contributed by atoms with E-state index in [1.807, 2.05) is 45.9 Å². The van der Waals surface area contributed by atoms with Gasteiger partial charge in [0, 0.05) is 46.1 Å². The molecule has 0 aromatic heterocycles. The lowest BCUT2D eigenvalue weighted by atomic mass is 9.82. The normalized spacial score (nSPS) is 36.3. The molecule has 3 heterocycles. The summed E-state index contributed by atoms with van der Waals surface area (Å²) in [7, 11) is 6.34. The first kappa shape index (κ1) is 53.5. The first-order valence-corrected chi connectivity index (χ1v) is 24.3. The van der Waals surface area contributed by atoms with E-state index in [1.54, 1.807) is 41.4 Å². The van der Waals surface area contributed by atoms with Crippen molar-refractivity contribution in [2.45, 2.75) is 173 Å². The van der Waals surface area contributed by atoms with E-state index < -0.39 is 65.9 Å². The monoisotopic (exact) mass is 926 g/mol. The topological polar surface area (TPSA) is 177 Å². The predicted molar refractivity (Wildman–Crippen MR) is 248 cm³/mol. The van der Waals surface area contributed by atoms with Gasteiger partial charge in [-0.2, -0.15) is 0 Å². The van der Waals surface area contributed by atoms with Crippen LogP contribution < -0.4 is 4.74 Å². The number of aliphatic hydroxyl groups excluding tert-OH is 1. The fraction of sp³-hybridized carbons (Fsp3) is 0.731. The number of rotatable bonds is 11. The van der Waals surface area contributed by atoms with Crippen molar-refractivity contribution in [1.29, 1.82) is 0 Å². The van der Waals surface area contributed by atoms with Crippen LogP contribution >= 0.6 is 0 Å². The molecule has 66 heavy (non-hydrogen) atoms. The number of allylic oxidation sites excluding steroid dienone is 3. The second-order valence-corrected chi connectivity index (χ2v) is 19.6. The number of fused-ring (bicyclic) bond motifs is 3. The minimum Gasteiger partial charge on any atom is -0.497 e. The zero-order valence-electron chi connectivity index (χ0n) is 41.2. The first-order chi connectivity index (χ1) is 31.5. The summed E-state index contributed by atoms with van der Waals surface area (Å²) >= 11 is 0. The highest BCUT2D eigenvalue weighted by Gasteiger charge is 2.56. The molecule has 1 amide bonds. The Morgan fingerprint density at radius 2 is 1.64 bits per heavy atom. The molecule has 2 bridgehead atoms. The van der Waals surface area contributed by atoms with Crippen LogP contribution in [0.4, 0.5) is 0 Å². The molecule has 14 nitrogen and oxygen atoms in total. The zero-order chi connectivity index (χ0) is 48.3. The van der Waals surface area contributed by atoms with Gasteiger partial charge in [0.25, 0.3) is 11.7 Å². The third kappa shape index (κ3) is 13.2. The standard InChI is InChI=1S/C52H79NO13/c1-11-37-24-31(2)23-32(3)25-45(62-9)48-46(63-10)27-35(6)52(59,66-48)49(56)50(57)53-22-13-12-17-40(53)51(58)65-47(33(4)18-20-41(37)54)34(5)26-36-19-21-43(44(28-36)61-8)64-30-42(55)38-15-14-16-39(29-38)60-7/h14-16,24,26,29,32-33,35-37,40,42-48,55,59H,11-13,17-23,25,27-28,30H2,1-10H3/b31-24+,34-26?. The molecular formula is C52H79NO13. The second kappa shape index (κ2) is 24.7. The summed E-state index contributed by atoms with van der Waals surface area (Å²) in [6.07, 6.45) is 6.53. The number of benzene rings is 1. The van der Waals surface area contributed by atoms with Crippen molar-refractivity contribution in [3.63, 3.8) is 0 Å². The lowest BCUT2D eigenvalue weighted by Crippen LogP contribution is -2.64. The van der Waals surface area contributed by atoms with Crippen molar-refractivity contribution in [3.8, 4) is 5.75 Å². The fourth-order valence-electron chi connectivity index (χ4n) is 10.7. The van der Waals surface area contributed by atoms with Crippen LogP contribution in [-0.4, -0.2) is 129 Å². The summed E-state index contributed by atoms with van der Waals surface area (Å²) in [4.78, 5) is 58.4. The van der Waals surface area contributed by atoms with Crippen LogP contribution in [0, 0.1) is 29.6 Å². The van der Waals surface area contributed by atoms with E-state index in [1.165, 1.54) is 4.90 Å². The SMILES string of the molecule is CCC1/C=C(\C)CC(C)CC(OC)C2OC(O)(C(=O)C(=O)N3CCCCC3C(=O)OC(C(C)=CC3CCC(OCC(O)c4cccc(OC)c4)C(OC)C3)C(C)CCC1=O)C(C)CC2OC. The predicted octanol–water partition coefficient (Wildman–Crippen LogP) is 7.27. The number of esters is 1. The van der Waals surface area contributed by atoms with Crippen LogP contribution in [0.25, 0.3) is 0 Å². The van der Waals surface area contributed by atoms with Crippen molar-refractivity contribution >= 4 is 23.4 Å². The highest BCUT2D eigenvalue weighted by atomic mass is 16.7. The Kier molecular flexibility index (Phi) is 20.0. The average molecular weight is 926 g/mol. The Labute approximate surface area is 393 Å². The van der Waals surface area contributed by atoms with E-state index in [2.05, 4.69) is 19.1 Å². The van der Waals surface area contributed by atoms with Gasteiger partial charge in [-0.15, -0.1) is 0 Å². The number of ether oxygens (including phenoxy) is 7. The number of amides is 1. The minimum absolute atomic E-state index is 0.0543. The zero-order valence-corrected chi connectivity index (χ0v) is 41.2. The van der Waals surface area contributed by atoms with E-state index >= 15 is 0 Å². The van der Waals surface area contributed by atoms with E-state index in [9.17, 15) is 29.4 Å². The quantitative estimate of drug-likeness (QED) is 0.129. The number of aliphatic hydroxyl groups is 2. The maximum absolute atomic E-state index is 14.5. The first-order valence-electron chi connectivity index (χ1n) is 24.3. The largest absolute Gasteiger partial charge is 0.497 e. The summed E-state index contributed by atoms with van der Waals surface area (Å²) in [5.41, 5.74) is 2.59. The van der Waals surface area contributed by atoms with Crippen LogP contribution in [-0.2, 0) is 47.6 Å². The van der Waals surface area contributed by atoms with Gasteiger partial charge in [-0.1, -0.05) is 57.6 Å². The number of carbonyl (C=O) groups excluding carboxylic acids is 4. The van der Waals surface area contributed by atoms with Crippen molar-refractivity contribution in [2.24, 2.45) is 29.6 Å². The Morgan fingerprint density at radius 1 is 0.924 bits per heavy atom. The molecule has 2 N–H and O–H groups in total. The molecule has 0 radical (unpaired) electrons. The summed E-state index contributed by atoms with van der Waals surface area (Å²) in [5, 5.41) is 23.0. The van der Waals surface area contributed by atoms with Crippen LogP contribution in [0.3, 0.4) is 0 Å². The van der Waals surface area contributed by atoms with Crippen LogP contribution in [0.2, 0.25) is 0 Å². The smallest absolute Gasteiger partial charge is 0.329 e. The third-order valence-corrected chi connectivity index (χ3v) is 14.7. The van der Waals surface area contributed by atoms with E-state index in [-0.39, 0.29) is 67.7 Å². The molecule has 5 rings (SSSR count). The molecule has 4 aliphatic rings. The van der Waals surface area contributed by atoms with Gasteiger partial charge in [-0.25, -0.2) is 4.79 Å². The molecule has 1 saturated carbocycles. The van der Waals surface area contributed by atoms with Crippen molar-refractivity contribution in [1.82, 2.24) is 4.90 Å². The Balaban J connectivity index is 1.42. The lowest BCUT2D eigenvalue weighted by Gasteiger charge is -2.47. The van der Waals surface area contributed by atoms with Crippen LogP contribution in [0.1, 0.15) is 130 Å². The number of ketones is 2. The summed E-state index contributed by atoms with van der Waals surface area (Å²) in [6, 6.07) is 6.21. The molecule has 1 aromatic rings. The van der Waals surface area contributed by atoms with Gasteiger partial charge in [0.05, 0.1) is 38.1 Å². The van der Waals surface area contributed by atoms with Gasteiger partial charge >= 0.3 is 5.97 Å². The second-order valence-electron chi connectivity index (χ2n) is 19.6. The molecule has 14 heteroatoms. The van der Waals surface area contributed by atoms with Crippen molar-refractivity contribution in [3.05, 3.63) is 53.1 Å². The minimum atomic E-state index is -2.48. The third-order valence-electron chi connectivity index (χ3n) is 14.7. The Bertz CT molecular complexity index is 1850. The number of nitrogens with zero attached hydrogens (tertiary/aromatic N) is 1. The Morgan fingerprint density at radius 3 is 2.32 bits per heavy atom. The number of methoxy groups -OCH3 is 4. The van der Waals surface area contributed by atoms with E-state index in [4.69, 9.17) is 33.2 Å². The number of Topliss-reactive ketones (excluding diaryl/α,β-unsaturated/α-hetero) is 2. The van der Waals surface area contributed by atoms with E-state index in [0.29, 0.717) is 69.1 Å². The van der Waals surface area contributed by atoms with E-state index in [0.717, 1.165) is 17.6 Å². The molecule has 3 aliphatic heterocycles. The highest BCUT2D eigenvalue weighted by Crippen LogP contribution is 2.39. The summed E-state index contributed by atoms with van der Waals surface area (Å²) in [5.74, 6) is -5.71. The van der Waals surface area contributed by atoms with Gasteiger partial charge in [-0.3, -0.25) is 14.4 Å². The van der Waals surface area contributed by atoms with Crippen LogP contribution in [0.15, 0.2) is 47.6 Å². The number of carbonyl (C=O) groups is 4. The van der Waals surface area contributed by atoms with Gasteiger partial charge in [0.2, 0.25) is 5.79 Å². The molecular weight excluding hydrogens is 847 g/mol. The Hall–Kier alpha value is -3.50. The van der Waals surface area contributed by atoms with Crippen molar-refractivity contribution < 1.29 is 62.5 Å². The molecule has 3 fully saturated rings. The summed E-state index contributed by atoms with van der Waals surface area (Å²) in [6.45, 7) is 11.9. The van der Waals surface area contributed by atoms with Crippen LogP contribution in [0.5, 0.6) is 5.75 Å². The molecule has 14 atom stereocenters. The molecule has 2 saturated heterocycles. The molecule has 1 aromatic carbocycles. The van der Waals surface area contributed by atoms with Crippen molar-refractivity contribution in [2.75, 3.05) is 41.6 Å². The van der Waals surface area contributed by atoms with Gasteiger partial charge in [0.1, 0.15) is 35.9 Å². The maximum Gasteiger partial charge on any atom is 0.329 e.